The van der Waals surface area contributed by atoms with Crippen LogP contribution in [0.1, 0.15) is 24.4 Å². The van der Waals surface area contributed by atoms with Gasteiger partial charge in [0.2, 0.25) is 5.91 Å². The van der Waals surface area contributed by atoms with E-state index in [-0.39, 0.29) is 11.2 Å². The van der Waals surface area contributed by atoms with Crippen LogP contribution in [0.5, 0.6) is 0 Å². The summed E-state index contributed by atoms with van der Waals surface area (Å²) in [6.45, 7) is 1.66. The largest absolute Gasteiger partial charge is 0.340 e. The number of hydrogen-bond acceptors (Lipinski definition) is 3. The number of aromatic nitrogens is 2. The SMILES string of the molecule is O=C(C1Cc2ccccc2S1)N1CCCC(n2cccn2)C1. The summed E-state index contributed by atoms with van der Waals surface area (Å²) in [4.78, 5) is 16.2. The predicted octanol–water partition coefficient (Wildman–Crippen LogP) is 2.76. The fourth-order valence-electron chi connectivity index (χ4n) is 3.39. The maximum absolute atomic E-state index is 12.9. The molecule has 2 unspecified atom stereocenters. The molecule has 0 spiro atoms. The molecule has 22 heavy (non-hydrogen) atoms. The van der Waals surface area contributed by atoms with Crippen molar-refractivity contribution in [3.05, 3.63) is 48.3 Å². The molecule has 1 aromatic carbocycles. The first kappa shape index (κ1) is 13.9. The average Bonchev–Trinajstić information content (AvgIpc) is 3.23. The van der Waals surface area contributed by atoms with E-state index in [0.29, 0.717) is 6.04 Å². The first-order valence-corrected chi connectivity index (χ1v) is 8.72. The highest BCUT2D eigenvalue weighted by molar-refractivity contribution is 8.01. The van der Waals surface area contributed by atoms with Gasteiger partial charge in [0.05, 0.1) is 11.3 Å². The van der Waals surface area contributed by atoms with Gasteiger partial charge in [-0.3, -0.25) is 9.48 Å². The third-order valence-corrected chi connectivity index (χ3v) is 5.83. The Labute approximate surface area is 134 Å². The predicted molar refractivity (Wildman–Crippen MR) is 86.9 cm³/mol. The molecule has 2 aliphatic rings. The number of hydrogen-bond donors (Lipinski definition) is 0. The second-order valence-corrected chi connectivity index (χ2v) is 7.23. The maximum Gasteiger partial charge on any atom is 0.236 e. The van der Waals surface area contributed by atoms with Crippen LogP contribution >= 0.6 is 11.8 Å². The van der Waals surface area contributed by atoms with Crippen molar-refractivity contribution in [1.29, 1.82) is 0 Å². The number of carbonyl (C=O) groups is 1. The van der Waals surface area contributed by atoms with Crippen molar-refractivity contribution in [3.63, 3.8) is 0 Å². The zero-order chi connectivity index (χ0) is 14.9. The van der Waals surface area contributed by atoms with Gasteiger partial charge in [0, 0.05) is 30.4 Å². The molecular formula is C17H19N3OS. The first-order valence-electron chi connectivity index (χ1n) is 7.84. The van der Waals surface area contributed by atoms with E-state index in [0.717, 1.165) is 32.4 Å². The van der Waals surface area contributed by atoms with E-state index < -0.39 is 0 Å². The van der Waals surface area contributed by atoms with Gasteiger partial charge in [0.25, 0.3) is 0 Å². The molecule has 4 rings (SSSR count). The van der Waals surface area contributed by atoms with Crippen molar-refractivity contribution in [1.82, 2.24) is 14.7 Å². The highest BCUT2D eigenvalue weighted by Gasteiger charge is 2.33. The van der Waals surface area contributed by atoms with Crippen LogP contribution in [-0.2, 0) is 11.2 Å². The van der Waals surface area contributed by atoms with Crippen LogP contribution in [0.25, 0.3) is 0 Å². The van der Waals surface area contributed by atoms with Crippen molar-refractivity contribution in [2.75, 3.05) is 13.1 Å². The highest BCUT2D eigenvalue weighted by Crippen LogP contribution is 2.38. The lowest BCUT2D eigenvalue weighted by Crippen LogP contribution is -2.44. The van der Waals surface area contributed by atoms with Gasteiger partial charge < -0.3 is 4.90 Å². The molecular weight excluding hydrogens is 294 g/mol. The van der Waals surface area contributed by atoms with Gasteiger partial charge in [-0.1, -0.05) is 18.2 Å². The standard InChI is InChI=1S/C17H19N3OS/c21-17(16-11-13-5-1-2-7-15(13)22-16)19-9-3-6-14(12-19)20-10-4-8-18-20/h1-2,4-5,7-8,10,14,16H,3,6,9,11-12H2. The zero-order valence-electron chi connectivity index (χ0n) is 12.4. The van der Waals surface area contributed by atoms with Crippen LogP contribution in [0.2, 0.25) is 0 Å². The fraction of sp³-hybridized carbons (Fsp3) is 0.412. The number of nitrogens with zero attached hydrogens (tertiary/aromatic N) is 3. The maximum atomic E-state index is 12.9. The number of rotatable bonds is 2. The second kappa shape index (κ2) is 5.80. The van der Waals surface area contributed by atoms with Crippen molar-refractivity contribution in [3.8, 4) is 0 Å². The van der Waals surface area contributed by atoms with Crippen molar-refractivity contribution in [2.24, 2.45) is 0 Å². The number of benzene rings is 1. The molecule has 114 valence electrons. The van der Waals surface area contributed by atoms with E-state index in [1.54, 1.807) is 11.8 Å². The van der Waals surface area contributed by atoms with E-state index in [4.69, 9.17) is 0 Å². The molecule has 2 atom stereocenters. The van der Waals surface area contributed by atoms with Crippen molar-refractivity contribution in [2.45, 2.75) is 35.4 Å². The van der Waals surface area contributed by atoms with E-state index in [1.807, 2.05) is 34.1 Å². The van der Waals surface area contributed by atoms with Gasteiger partial charge in [0.1, 0.15) is 0 Å². The van der Waals surface area contributed by atoms with Crippen LogP contribution in [0, 0.1) is 0 Å². The van der Waals surface area contributed by atoms with Crippen LogP contribution in [0.15, 0.2) is 47.6 Å². The van der Waals surface area contributed by atoms with Crippen LogP contribution < -0.4 is 0 Å². The summed E-state index contributed by atoms with van der Waals surface area (Å²) < 4.78 is 2.00. The van der Waals surface area contributed by atoms with Crippen LogP contribution in [0.3, 0.4) is 0 Å². The van der Waals surface area contributed by atoms with Crippen molar-refractivity contribution < 1.29 is 4.79 Å². The summed E-state index contributed by atoms with van der Waals surface area (Å²) in [5.41, 5.74) is 1.31. The Kier molecular flexibility index (Phi) is 3.66. The third kappa shape index (κ3) is 2.54. The molecule has 1 saturated heterocycles. The molecule has 1 fully saturated rings. The summed E-state index contributed by atoms with van der Waals surface area (Å²) in [7, 11) is 0. The Morgan fingerprint density at radius 1 is 1.27 bits per heavy atom. The lowest BCUT2D eigenvalue weighted by molar-refractivity contribution is -0.132. The van der Waals surface area contributed by atoms with E-state index in [2.05, 4.69) is 23.3 Å². The number of likely N-dealkylation sites (tertiary alicyclic amines) is 1. The van der Waals surface area contributed by atoms with Gasteiger partial charge >= 0.3 is 0 Å². The molecule has 0 N–H and O–H groups in total. The van der Waals surface area contributed by atoms with Gasteiger partial charge in [-0.05, 0) is 37.0 Å². The second-order valence-electron chi connectivity index (χ2n) is 5.98. The Balaban J connectivity index is 1.45. The molecule has 3 heterocycles. The molecule has 1 amide bonds. The molecule has 5 heteroatoms. The van der Waals surface area contributed by atoms with Gasteiger partial charge in [-0.25, -0.2) is 0 Å². The fourth-order valence-corrected chi connectivity index (χ4v) is 4.67. The van der Waals surface area contributed by atoms with Gasteiger partial charge in [0.15, 0.2) is 0 Å². The minimum Gasteiger partial charge on any atom is -0.340 e. The Bertz CT molecular complexity index is 645. The average molecular weight is 313 g/mol. The summed E-state index contributed by atoms with van der Waals surface area (Å²) in [6, 6.07) is 10.6. The lowest BCUT2D eigenvalue weighted by Gasteiger charge is -2.34. The number of piperidine rings is 1. The van der Waals surface area contributed by atoms with Gasteiger partial charge in [-0.2, -0.15) is 5.10 Å². The lowest BCUT2D eigenvalue weighted by atomic mass is 10.0. The molecule has 2 aliphatic heterocycles. The van der Waals surface area contributed by atoms with Crippen LogP contribution in [-0.4, -0.2) is 38.9 Å². The molecule has 0 aliphatic carbocycles. The summed E-state index contributed by atoms with van der Waals surface area (Å²) >= 11 is 1.72. The Morgan fingerprint density at radius 3 is 3.00 bits per heavy atom. The van der Waals surface area contributed by atoms with Crippen molar-refractivity contribution >= 4 is 17.7 Å². The van der Waals surface area contributed by atoms with E-state index >= 15 is 0 Å². The topological polar surface area (TPSA) is 38.1 Å². The summed E-state index contributed by atoms with van der Waals surface area (Å²) in [5.74, 6) is 0.290. The van der Waals surface area contributed by atoms with E-state index in [9.17, 15) is 4.79 Å². The first-order chi connectivity index (χ1) is 10.8. The summed E-state index contributed by atoms with van der Waals surface area (Å²) in [5, 5.41) is 4.39. The van der Waals surface area contributed by atoms with Gasteiger partial charge in [-0.15, -0.1) is 11.8 Å². The molecule has 2 aromatic rings. The quantitative estimate of drug-likeness (QED) is 0.855. The monoisotopic (exact) mass is 313 g/mol. The molecule has 1 aromatic heterocycles. The molecule has 0 bridgehead atoms. The Morgan fingerprint density at radius 2 is 2.18 bits per heavy atom. The minimum absolute atomic E-state index is 0.0498. The number of thioether (sulfide) groups is 1. The van der Waals surface area contributed by atoms with E-state index in [1.165, 1.54) is 10.5 Å². The summed E-state index contributed by atoms with van der Waals surface area (Å²) in [6.07, 6.45) is 6.83. The minimum atomic E-state index is 0.0498. The van der Waals surface area contributed by atoms with Crippen LogP contribution in [0.4, 0.5) is 0 Å². The molecule has 4 nitrogen and oxygen atoms in total. The highest BCUT2D eigenvalue weighted by atomic mass is 32.2. The molecule has 0 saturated carbocycles. The zero-order valence-corrected chi connectivity index (χ0v) is 13.2. The number of amides is 1. The number of fused-ring (bicyclic) bond motifs is 1. The smallest absolute Gasteiger partial charge is 0.236 e. The number of carbonyl (C=O) groups excluding carboxylic acids is 1. The third-order valence-electron chi connectivity index (χ3n) is 4.53. The molecule has 0 radical (unpaired) electrons. The normalized spacial score (nSPS) is 24.3. The Hall–Kier alpha value is -1.75.